The summed E-state index contributed by atoms with van der Waals surface area (Å²) in [5, 5.41) is 15.5. The van der Waals surface area contributed by atoms with Gasteiger partial charge in [-0.2, -0.15) is 0 Å². The lowest BCUT2D eigenvalue weighted by atomic mass is 9.85. The predicted molar refractivity (Wildman–Crippen MR) is 88.9 cm³/mol. The number of aliphatic hydroxyl groups excluding tert-OH is 1. The first-order valence-corrected chi connectivity index (χ1v) is 8.93. The summed E-state index contributed by atoms with van der Waals surface area (Å²) in [4.78, 5) is 14.7. The Morgan fingerprint density at radius 2 is 1.82 bits per heavy atom. The van der Waals surface area contributed by atoms with E-state index in [9.17, 15) is 9.90 Å². The van der Waals surface area contributed by atoms with Gasteiger partial charge in [0.15, 0.2) is 0 Å². The van der Waals surface area contributed by atoms with Crippen molar-refractivity contribution < 1.29 is 9.90 Å². The maximum absolute atomic E-state index is 12.2. The molecule has 0 aromatic rings. The number of carbonyl (C=O) groups is 1. The molecule has 1 aliphatic carbocycles. The highest BCUT2D eigenvalue weighted by Gasteiger charge is 2.29. The Labute approximate surface area is 134 Å². The van der Waals surface area contributed by atoms with Gasteiger partial charge in [-0.3, -0.25) is 4.90 Å². The molecule has 1 heterocycles. The van der Waals surface area contributed by atoms with Crippen molar-refractivity contribution >= 4 is 6.03 Å². The van der Waals surface area contributed by atoms with Gasteiger partial charge in [0.05, 0.1) is 0 Å². The fourth-order valence-electron chi connectivity index (χ4n) is 3.74. The first-order valence-electron chi connectivity index (χ1n) is 8.93. The highest BCUT2D eigenvalue weighted by Crippen LogP contribution is 2.24. The monoisotopic (exact) mass is 311 g/mol. The van der Waals surface area contributed by atoms with Crippen molar-refractivity contribution in [1.82, 2.24) is 15.5 Å². The number of hydrogen-bond donors (Lipinski definition) is 3. The molecule has 128 valence electrons. The molecule has 3 N–H and O–H groups in total. The minimum atomic E-state index is -0.0876. The third kappa shape index (κ3) is 4.85. The molecular formula is C17H33N3O2. The van der Waals surface area contributed by atoms with Crippen LogP contribution in [0.25, 0.3) is 0 Å². The van der Waals surface area contributed by atoms with Crippen LogP contribution in [0.3, 0.4) is 0 Å². The summed E-state index contributed by atoms with van der Waals surface area (Å²) >= 11 is 0. The highest BCUT2D eigenvalue weighted by molar-refractivity contribution is 5.74. The van der Waals surface area contributed by atoms with Crippen molar-refractivity contribution in [3.05, 3.63) is 0 Å². The Balaban J connectivity index is 1.76. The van der Waals surface area contributed by atoms with E-state index in [2.05, 4.69) is 29.4 Å². The number of aliphatic hydroxyl groups is 1. The SMILES string of the molecule is CC(C)(CNC(=O)NC1CCCCC1CO)N1CCCCC1. The molecule has 22 heavy (non-hydrogen) atoms. The van der Waals surface area contributed by atoms with Gasteiger partial charge in [-0.15, -0.1) is 0 Å². The molecule has 5 heteroatoms. The van der Waals surface area contributed by atoms with Crippen LogP contribution in [0.2, 0.25) is 0 Å². The van der Waals surface area contributed by atoms with Crippen molar-refractivity contribution in [1.29, 1.82) is 0 Å². The van der Waals surface area contributed by atoms with Gasteiger partial charge < -0.3 is 15.7 Å². The molecule has 2 unspecified atom stereocenters. The summed E-state index contributed by atoms with van der Waals surface area (Å²) in [7, 11) is 0. The van der Waals surface area contributed by atoms with Crippen molar-refractivity contribution in [2.24, 2.45) is 5.92 Å². The van der Waals surface area contributed by atoms with Crippen LogP contribution < -0.4 is 10.6 Å². The largest absolute Gasteiger partial charge is 0.396 e. The highest BCUT2D eigenvalue weighted by atomic mass is 16.3. The molecule has 2 fully saturated rings. The summed E-state index contributed by atoms with van der Waals surface area (Å²) in [5.74, 6) is 0.217. The third-order valence-corrected chi connectivity index (χ3v) is 5.35. The molecule has 2 rings (SSSR count). The Bertz CT molecular complexity index is 354. The van der Waals surface area contributed by atoms with Gasteiger partial charge in [0.25, 0.3) is 0 Å². The smallest absolute Gasteiger partial charge is 0.315 e. The minimum absolute atomic E-state index is 0.000699. The van der Waals surface area contributed by atoms with Crippen LogP contribution in [0.5, 0.6) is 0 Å². The zero-order chi connectivity index (χ0) is 16.0. The van der Waals surface area contributed by atoms with Crippen molar-refractivity contribution in [3.8, 4) is 0 Å². The zero-order valence-electron chi connectivity index (χ0n) is 14.2. The Morgan fingerprint density at radius 3 is 2.50 bits per heavy atom. The second-order valence-electron chi connectivity index (χ2n) is 7.52. The lowest BCUT2D eigenvalue weighted by molar-refractivity contribution is 0.0951. The van der Waals surface area contributed by atoms with Crippen LogP contribution in [-0.4, -0.2) is 53.9 Å². The summed E-state index contributed by atoms with van der Waals surface area (Å²) in [6, 6.07) is 0.0345. The van der Waals surface area contributed by atoms with Gasteiger partial charge in [0, 0.05) is 30.7 Å². The first kappa shape index (κ1) is 17.5. The second kappa shape index (κ2) is 8.16. The summed E-state index contributed by atoms with van der Waals surface area (Å²) < 4.78 is 0. The van der Waals surface area contributed by atoms with E-state index in [1.807, 2.05) is 0 Å². The van der Waals surface area contributed by atoms with Crippen LogP contribution in [0.4, 0.5) is 4.79 Å². The van der Waals surface area contributed by atoms with Crippen molar-refractivity contribution in [2.75, 3.05) is 26.2 Å². The van der Waals surface area contributed by atoms with Crippen LogP contribution >= 0.6 is 0 Å². The molecular weight excluding hydrogens is 278 g/mol. The van der Waals surface area contributed by atoms with Gasteiger partial charge in [-0.05, 0) is 52.6 Å². The molecule has 2 atom stereocenters. The number of likely N-dealkylation sites (tertiary alicyclic amines) is 1. The van der Waals surface area contributed by atoms with E-state index in [0.717, 1.165) is 38.8 Å². The predicted octanol–water partition coefficient (Wildman–Crippen LogP) is 2.10. The number of nitrogens with one attached hydrogen (secondary N) is 2. The third-order valence-electron chi connectivity index (χ3n) is 5.35. The molecule has 0 aromatic heterocycles. The summed E-state index contributed by atoms with van der Waals surface area (Å²) in [5.41, 5.74) is 0.000699. The topological polar surface area (TPSA) is 64.6 Å². The second-order valence-corrected chi connectivity index (χ2v) is 7.52. The molecule has 0 aromatic carbocycles. The van der Waals surface area contributed by atoms with E-state index < -0.39 is 0 Å². The lowest BCUT2D eigenvalue weighted by Gasteiger charge is -2.41. The molecule has 1 aliphatic heterocycles. The molecule has 1 saturated carbocycles. The molecule has 0 spiro atoms. The van der Waals surface area contributed by atoms with Crippen LogP contribution in [-0.2, 0) is 0 Å². The zero-order valence-corrected chi connectivity index (χ0v) is 14.2. The van der Waals surface area contributed by atoms with Crippen LogP contribution in [0.15, 0.2) is 0 Å². The number of amides is 2. The lowest BCUT2D eigenvalue weighted by Crippen LogP contribution is -2.56. The standard InChI is InChI=1S/C17H33N3O2/c1-17(2,20-10-6-3-7-11-20)13-18-16(22)19-15-9-5-4-8-14(15)12-21/h14-15,21H,3-13H2,1-2H3,(H2,18,19,22). The molecule has 0 radical (unpaired) electrons. The maximum Gasteiger partial charge on any atom is 0.315 e. The van der Waals surface area contributed by atoms with Gasteiger partial charge >= 0.3 is 6.03 Å². The van der Waals surface area contributed by atoms with Gasteiger partial charge in [0.2, 0.25) is 0 Å². The number of piperidine rings is 1. The summed E-state index contributed by atoms with van der Waals surface area (Å²) in [6.45, 7) is 7.50. The average molecular weight is 311 g/mol. The van der Waals surface area contributed by atoms with E-state index in [4.69, 9.17) is 0 Å². The number of urea groups is 1. The molecule has 5 nitrogen and oxygen atoms in total. The normalized spacial score (nSPS) is 27.4. The Hall–Kier alpha value is -0.810. The maximum atomic E-state index is 12.2. The number of rotatable bonds is 5. The molecule has 0 bridgehead atoms. The fourth-order valence-corrected chi connectivity index (χ4v) is 3.74. The average Bonchev–Trinajstić information content (AvgIpc) is 2.54. The molecule has 2 amide bonds. The van der Waals surface area contributed by atoms with Crippen LogP contribution in [0, 0.1) is 5.92 Å². The Morgan fingerprint density at radius 1 is 1.14 bits per heavy atom. The molecule has 2 aliphatic rings. The summed E-state index contributed by atoms with van der Waals surface area (Å²) in [6.07, 6.45) is 8.14. The van der Waals surface area contributed by atoms with Crippen molar-refractivity contribution in [3.63, 3.8) is 0 Å². The van der Waals surface area contributed by atoms with E-state index in [-0.39, 0.29) is 30.1 Å². The van der Waals surface area contributed by atoms with Gasteiger partial charge in [0.1, 0.15) is 0 Å². The van der Waals surface area contributed by atoms with E-state index in [1.54, 1.807) is 0 Å². The van der Waals surface area contributed by atoms with Gasteiger partial charge in [-0.25, -0.2) is 4.79 Å². The molecule has 1 saturated heterocycles. The fraction of sp³-hybridized carbons (Fsp3) is 0.941. The number of hydrogen-bond acceptors (Lipinski definition) is 3. The van der Waals surface area contributed by atoms with E-state index in [1.165, 1.54) is 19.3 Å². The number of nitrogens with zero attached hydrogens (tertiary/aromatic N) is 1. The van der Waals surface area contributed by atoms with Gasteiger partial charge in [-0.1, -0.05) is 19.3 Å². The minimum Gasteiger partial charge on any atom is -0.396 e. The quantitative estimate of drug-likeness (QED) is 0.728. The van der Waals surface area contributed by atoms with E-state index >= 15 is 0 Å². The van der Waals surface area contributed by atoms with E-state index in [0.29, 0.717) is 6.54 Å². The Kier molecular flexibility index (Phi) is 6.50. The first-order chi connectivity index (χ1) is 10.5. The van der Waals surface area contributed by atoms with Crippen LogP contribution in [0.1, 0.15) is 58.8 Å². The number of carbonyl (C=O) groups excluding carboxylic acids is 1. The van der Waals surface area contributed by atoms with Crippen molar-refractivity contribution in [2.45, 2.75) is 70.4 Å².